The van der Waals surface area contributed by atoms with Crippen LogP contribution >= 0.6 is 11.8 Å². The molecule has 188 valence electrons. The molecule has 1 N–H and O–H groups in total. The maximum Gasteiger partial charge on any atom is 0.277 e. The van der Waals surface area contributed by atoms with Crippen molar-refractivity contribution >= 4 is 23.4 Å². The molecule has 0 saturated heterocycles. The molecule has 1 heterocycles. The molecular weight excluding hydrogens is 487 g/mol. The Balaban J connectivity index is 1.78. The second kappa shape index (κ2) is 11.8. The van der Waals surface area contributed by atoms with Crippen LogP contribution in [0.5, 0.6) is 17.2 Å². The third kappa shape index (κ3) is 6.18. The molecule has 3 rings (SSSR count). The first kappa shape index (κ1) is 26.2. The molecule has 0 aliphatic rings. The van der Waals surface area contributed by atoms with E-state index >= 15 is 0 Å². The van der Waals surface area contributed by atoms with E-state index in [9.17, 15) is 18.0 Å². The van der Waals surface area contributed by atoms with Crippen LogP contribution in [0, 0.1) is 17.5 Å². The normalized spacial score (nSPS) is 11.7. The third-order valence-electron chi connectivity index (χ3n) is 4.50. The Labute approximate surface area is 204 Å². The number of amides is 1. The van der Waals surface area contributed by atoms with Crippen molar-refractivity contribution in [3.05, 3.63) is 41.7 Å². The zero-order valence-corrected chi connectivity index (χ0v) is 20.3. The van der Waals surface area contributed by atoms with Crippen molar-refractivity contribution in [2.75, 3.05) is 25.1 Å². The fraction of sp³-hybridized carbons (Fsp3) is 0.348. The van der Waals surface area contributed by atoms with Crippen molar-refractivity contribution in [2.45, 2.75) is 38.2 Å². The van der Waals surface area contributed by atoms with Gasteiger partial charge in [-0.05, 0) is 52.0 Å². The molecule has 1 amide bonds. The maximum atomic E-state index is 13.8. The first-order valence-corrected chi connectivity index (χ1v) is 11.7. The number of halogens is 3. The van der Waals surface area contributed by atoms with E-state index in [2.05, 4.69) is 15.5 Å². The molecule has 35 heavy (non-hydrogen) atoms. The molecule has 3 aromatic rings. The molecule has 0 aliphatic heterocycles. The lowest BCUT2D eigenvalue weighted by atomic mass is 10.2. The molecule has 0 fully saturated rings. The Hall–Kier alpha value is -3.41. The molecule has 12 heteroatoms. The highest BCUT2D eigenvalue weighted by Gasteiger charge is 2.23. The summed E-state index contributed by atoms with van der Waals surface area (Å²) in [5.74, 6) is -3.67. The van der Waals surface area contributed by atoms with Crippen LogP contribution in [0.15, 0.2) is 33.9 Å². The van der Waals surface area contributed by atoms with E-state index in [1.807, 2.05) is 20.8 Å². The summed E-state index contributed by atoms with van der Waals surface area (Å²) in [6, 6.07) is 5.02. The van der Waals surface area contributed by atoms with Crippen LogP contribution in [-0.2, 0) is 4.79 Å². The molecule has 1 atom stereocenters. The summed E-state index contributed by atoms with van der Waals surface area (Å²) in [4.78, 5) is 12.4. The maximum absolute atomic E-state index is 13.8. The summed E-state index contributed by atoms with van der Waals surface area (Å²) >= 11 is 0.910. The molecule has 1 unspecified atom stereocenters. The van der Waals surface area contributed by atoms with Crippen molar-refractivity contribution in [3.63, 3.8) is 0 Å². The number of aromatic nitrogens is 2. The van der Waals surface area contributed by atoms with Crippen LogP contribution in [0.3, 0.4) is 0 Å². The van der Waals surface area contributed by atoms with Gasteiger partial charge >= 0.3 is 0 Å². The molecule has 1 aromatic heterocycles. The average molecular weight is 512 g/mol. The van der Waals surface area contributed by atoms with Crippen molar-refractivity contribution in [2.24, 2.45) is 0 Å². The number of carbonyl (C=O) groups is 1. The summed E-state index contributed by atoms with van der Waals surface area (Å²) in [5.41, 5.74) is 0.0366. The Morgan fingerprint density at radius 3 is 2.23 bits per heavy atom. The van der Waals surface area contributed by atoms with Crippen molar-refractivity contribution < 1.29 is 36.6 Å². The molecule has 0 saturated carbocycles. The Kier molecular flexibility index (Phi) is 8.85. The van der Waals surface area contributed by atoms with Crippen LogP contribution in [0.1, 0.15) is 27.7 Å². The lowest BCUT2D eigenvalue weighted by Gasteiger charge is -2.16. The van der Waals surface area contributed by atoms with E-state index < -0.39 is 34.3 Å². The number of hydrogen-bond donors (Lipinski definition) is 1. The molecular formula is C23H24F3N3O5S. The standard InChI is InChI=1S/C23H24F3N3O5S/c1-5-31-16-10-13(11-17(32-6-2)20(16)33-7-3)22-28-29-23(34-22)35-12(4)21(30)27-15-9-8-14(24)18(25)19(15)26/h8-12H,5-7H2,1-4H3,(H,27,30). The first-order valence-electron chi connectivity index (χ1n) is 10.8. The highest BCUT2D eigenvalue weighted by molar-refractivity contribution is 8.00. The number of ether oxygens (including phenoxy) is 3. The zero-order chi connectivity index (χ0) is 25.5. The van der Waals surface area contributed by atoms with Crippen molar-refractivity contribution in [1.29, 1.82) is 0 Å². The van der Waals surface area contributed by atoms with Gasteiger partial charge in [0.15, 0.2) is 29.0 Å². The number of carbonyl (C=O) groups excluding carboxylic acids is 1. The molecule has 0 spiro atoms. The van der Waals surface area contributed by atoms with E-state index in [1.165, 1.54) is 6.92 Å². The summed E-state index contributed by atoms with van der Waals surface area (Å²) in [7, 11) is 0. The fourth-order valence-electron chi connectivity index (χ4n) is 2.95. The Morgan fingerprint density at radius 1 is 1.00 bits per heavy atom. The molecule has 8 nitrogen and oxygen atoms in total. The van der Waals surface area contributed by atoms with Gasteiger partial charge in [0.05, 0.1) is 30.8 Å². The van der Waals surface area contributed by atoms with Crippen molar-refractivity contribution in [1.82, 2.24) is 10.2 Å². The summed E-state index contributed by atoms with van der Waals surface area (Å²) in [6.07, 6.45) is 0. The average Bonchev–Trinajstić information content (AvgIpc) is 3.30. The highest BCUT2D eigenvalue weighted by Crippen LogP contribution is 2.42. The van der Waals surface area contributed by atoms with E-state index in [1.54, 1.807) is 12.1 Å². The Bertz CT molecular complexity index is 1160. The highest BCUT2D eigenvalue weighted by atomic mass is 32.2. The van der Waals surface area contributed by atoms with E-state index in [-0.39, 0.29) is 11.1 Å². The smallest absolute Gasteiger partial charge is 0.277 e. The van der Waals surface area contributed by atoms with Gasteiger partial charge < -0.3 is 23.9 Å². The second-order valence-corrected chi connectivity index (χ2v) is 8.24. The summed E-state index contributed by atoms with van der Waals surface area (Å²) < 4.78 is 63.1. The van der Waals surface area contributed by atoms with Gasteiger partial charge in [-0.2, -0.15) is 0 Å². The number of thioether (sulfide) groups is 1. The SMILES string of the molecule is CCOc1cc(-c2nnc(SC(C)C(=O)Nc3ccc(F)c(F)c3F)o2)cc(OCC)c1OCC. The van der Waals surface area contributed by atoms with E-state index in [4.69, 9.17) is 18.6 Å². The third-order valence-corrected chi connectivity index (χ3v) is 5.44. The molecule has 0 aliphatic carbocycles. The van der Waals surface area contributed by atoms with Gasteiger partial charge in [-0.3, -0.25) is 4.79 Å². The largest absolute Gasteiger partial charge is 0.490 e. The van der Waals surface area contributed by atoms with Crippen LogP contribution in [0.2, 0.25) is 0 Å². The number of nitrogens with zero attached hydrogens (tertiary/aromatic N) is 2. The predicted octanol–water partition coefficient (Wildman–Crippen LogP) is 5.47. The summed E-state index contributed by atoms with van der Waals surface area (Å²) in [6.45, 7) is 8.23. The number of anilines is 1. The topological polar surface area (TPSA) is 95.7 Å². The number of benzene rings is 2. The monoisotopic (exact) mass is 511 g/mol. The molecule has 2 aromatic carbocycles. The molecule has 0 radical (unpaired) electrons. The van der Waals surface area contributed by atoms with E-state index in [0.717, 1.165) is 23.9 Å². The van der Waals surface area contributed by atoms with Crippen molar-refractivity contribution in [3.8, 4) is 28.7 Å². The minimum Gasteiger partial charge on any atom is -0.490 e. The number of nitrogens with one attached hydrogen (secondary N) is 1. The summed E-state index contributed by atoms with van der Waals surface area (Å²) in [5, 5.41) is 9.43. The number of rotatable bonds is 11. The fourth-order valence-corrected chi connectivity index (χ4v) is 3.63. The van der Waals surface area contributed by atoms with Gasteiger partial charge in [0.1, 0.15) is 0 Å². The van der Waals surface area contributed by atoms with Gasteiger partial charge in [-0.15, -0.1) is 10.2 Å². The zero-order valence-electron chi connectivity index (χ0n) is 19.5. The minimum atomic E-state index is -1.67. The van der Waals surface area contributed by atoms with Gasteiger partial charge in [-0.25, -0.2) is 13.2 Å². The van der Waals surface area contributed by atoms with Crippen LogP contribution < -0.4 is 19.5 Å². The van der Waals surface area contributed by atoms with E-state index in [0.29, 0.717) is 42.6 Å². The Morgan fingerprint density at radius 2 is 1.63 bits per heavy atom. The van der Waals surface area contributed by atoms with Crippen LogP contribution in [-0.4, -0.2) is 41.2 Å². The first-order chi connectivity index (χ1) is 16.8. The lowest BCUT2D eigenvalue weighted by Crippen LogP contribution is -2.23. The van der Waals surface area contributed by atoms with Gasteiger partial charge in [0.2, 0.25) is 17.5 Å². The van der Waals surface area contributed by atoms with Crippen LogP contribution in [0.4, 0.5) is 18.9 Å². The van der Waals surface area contributed by atoms with Crippen LogP contribution in [0.25, 0.3) is 11.5 Å². The van der Waals surface area contributed by atoms with Gasteiger partial charge in [0.25, 0.3) is 5.22 Å². The van der Waals surface area contributed by atoms with Gasteiger partial charge in [-0.1, -0.05) is 11.8 Å². The lowest BCUT2D eigenvalue weighted by molar-refractivity contribution is -0.115. The van der Waals surface area contributed by atoms with Gasteiger partial charge in [0, 0.05) is 5.56 Å². The predicted molar refractivity (Wildman–Crippen MR) is 124 cm³/mol. The number of hydrogen-bond acceptors (Lipinski definition) is 8. The molecule has 0 bridgehead atoms. The minimum absolute atomic E-state index is 0.0678. The second-order valence-electron chi connectivity index (χ2n) is 6.95. The quantitative estimate of drug-likeness (QED) is 0.268.